The van der Waals surface area contributed by atoms with Crippen molar-refractivity contribution in [2.75, 3.05) is 36.4 Å². The fraction of sp³-hybridized carbons (Fsp3) is 0.273. The number of nitriles is 1. The Morgan fingerprint density at radius 1 is 1.11 bits per heavy atom. The largest absolute Gasteiger partial charge is 0.373 e. The van der Waals surface area contributed by atoms with Gasteiger partial charge in [-0.2, -0.15) is 5.26 Å². The van der Waals surface area contributed by atoms with Crippen LogP contribution < -0.4 is 10.2 Å². The predicted octanol–water partition coefficient (Wildman–Crippen LogP) is 3.61. The van der Waals surface area contributed by atoms with E-state index in [0.29, 0.717) is 18.8 Å². The normalized spacial score (nSPS) is 14.6. The summed E-state index contributed by atoms with van der Waals surface area (Å²) >= 11 is 0. The second kappa shape index (κ2) is 8.57. The number of benzene rings is 2. The van der Waals surface area contributed by atoms with Gasteiger partial charge in [0, 0.05) is 43.8 Å². The Hall–Kier alpha value is -3.33. The van der Waals surface area contributed by atoms with Gasteiger partial charge in [-0.1, -0.05) is 12.1 Å². The standard InChI is InChI=1S/C22H23FN4O/c1-16-4-3-5-21(17(16)2)25-22(28)18(14-24)15-26-10-12-27(13-11-26)20-8-6-19(23)7-9-20/h3-9,15H,10-13H2,1-2H3,(H,25,28)/b18-15-. The molecule has 1 saturated heterocycles. The first-order valence-electron chi connectivity index (χ1n) is 9.22. The van der Waals surface area contributed by atoms with Gasteiger partial charge in [0.15, 0.2) is 0 Å². The van der Waals surface area contributed by atoms with E-state index in [2.05, 4.69) is 10.2 Å². The van der Waals surface area contributed by atoms with Gasteiger partial charge in [0.25, 0.3) is 5.91 Å². The minimum absolute atomic E-state index is 0.0798. The lowest BCUT2D eigenvalue weighted by Gasteiger charge is -2.35. The van der Waals surface area contributed by atoms with Crippen molar-refractivity contribution in [2.45, 2.75) is 13.8 Å². The zero-order valence-electron chi connectivity index (χ0n) is 16.1. The van der Waals surface area contributed by atoms with Crippen LogP contribution in [0.2, 0.25) is 0 Å². The number of hydrogen-bond donors (Lipinski definition) is 1. The highest BCUT2D eigenvalue weighted by Crippen LogP contribution is 2.20. The van der Waals surface area contributed by atoms with E-state index in [9.17, 15) is 14.4 Å². The Balaban J connectivity index is 1.63. The van der Waals surface area contributed by atoms with Crippen LogP contribution in [0.3, 0.4) is 0 Å². The number of halogens is 1. The lowest BCUT2D eigenvalue weighted by molar-refractivity contribution is -0.112. The molecule has 0 aliphatic carbocycles. The third-order valence-corrected chi connectivity index (χ3v) is 5.04. The van der Waals surface area contributed by atoms with Crippen molar-refractivity contribution in [1.29, 1.82) is 5.26 Å². The van der Waals surface area contributed by atoms with E-state index >= 15 is 0 Å². The summed E-state index contributed by atoms with van der Waals surface area (Å²) in [6.07, 6.45) is 1.63. The maximum atomic E-state index is 13.1. The van der Waals surface area contributed by atoms with Gasteiger partial charge in [-0.05, 0) is 55.3 Å². The molecule has 1 aliphatic rings. The predicted molar refractivity (Wildman–Crippen MR) is 108 cm³/mol. The first-order chi connectivity index (χ1) is 13.5. The number of rotatable bonds is 4. The van der Waals surface area contributed by atoms with E-state index < -0.39 is 5.91 Å². The average molecular weight is 378 g/mol. The highest BCUT2D eigenvalue weighted by Gasteiger charge is 2.18. The van der Waals surface area contributed by atoms with Crippen molar-refractivity contribution < 1.29 is 9.18 Å². The summed E-state index contributed by atoms with van der Waals surface area (Å²) in [7, 11) is 0. The fourth-order valence-corrected chi connectivity index (χ4v) is 3.16. The van der Waals surface area contributed by atoms with Crippen molar-refractivity contribution >= 4 is 17.3 Å². The Bertz CT molecular complexity index is 923. The van der Waals surface area contributed by atoms with Gasteiger partial charge in [-0.3, -0.25) is 4.79 Å². The summed E-state index contributed by atoms with van der Waals surface area (Å²) in [5.41, 5.74) is 3.83. The molecule has 6 heteroatoms. The van der Waals surface area contributed by atoms with E-state index in [0.717, 1.165) is 29.9 Å². The minimum Gasteiger partial charge on any atom is -0.373 e. The van der Waals surface area contributed by atoms with Crippen molar-refractivity contribution in [1.82, 2.24) is 4.90 Å². The van der Waals surface area contributed by atoms with Crippen molar-refractivity contribution in [3.8, 4) is 6.07 Å². The molecule has 1 amide bonds. The Labute approximate surface area is 164 Å². The smallest absolute Gasteiger partial charge is 0.267 e. The van der Waals surface area contributed by atoms with Crippen molar-refractivity contribution in [2.24, 2.45) is 0 Å². The molecule has 3 rings (SSSR count). The molecule has 0 bridgehead atoms. The molecular weight excluding hydrogens is 355 g/mol. The Kier molecular flexibility index (Phi) is 5.95. The zero-order chi connectivity index (χ0) is 20.1. The molecule has 0 atom stereocenters. The number of amides is 1. The molecule has 1 aliphatic heterocycles. The molecule has 144 valence electrons. The maximum absolute atomic E-state index is 13.1. The van der Waals surface area contributed by atoms with Gasteiger partial charge < -0.3 is 15.1 Å². The molecule has 0 saturated carbocycles. The number of carbonyl (C=O) groups excluding carboxylic acids is 1. The monoisotopic (exact) mass is 378 g/mol. The molecular formula is C22H23FN4O. The number of nitrogens with one attached hydrogen (secondary N) is 1. The topological polar surface area (TPSA) is 59.4 Å². The molecule has 1 heterocycles. The van der Waals surface area contributed by atoms with Gasteiger partial charge in [-0.25, -0.2) is 4.39 Å². The number of aryl methyl sites for hydroxylation is 1. The molecule has 1 N–H and O–H groups in total. The number of nitrogens with zero attached hydrogens (tertiary/aromatic N) is 3. The number of piperazine rings is 1. The second-order valence-corrected chi connectivity index (χ2v) is 6.86. The van der Waals surface area contributed by atoms with Crippen LogP contribution in [0.1, 0.15) is 11.1 Å². The third kappa shape index (κ3) is 4.49. The van der Waals surface area contributed by atoms with E-state index in [4.69, 9.17) is 0 Å². The average Bonchev–Trinajstić information content (AvgIpc) is 2.70. The van der Waals surface area contributed by atoms with Gasteiger partial charge in [0.1, 0.15) is 17.5 Å². The summed E-state index contributed by atoms with van der Waals surface area (Å²) in [5.74, 6) is -0.656. The number of carbonyl (C=O) groups is 1. The molecule has 1 fully saturated rings. The summed E-state index contributed by atoms with van der Waals surface area (Å²) in [5, 5.41) is 12.3. The minimum atomic E-state index is -0.405. The number of hydrogen-bond acceptors (Lipinski definition) is 4. The summed E-state index contributed by atoms with van der Waals surface area (Å²) < 4.78 is 13.1. The van der Waals surface area contributed by atoms with Crippen LogP contribution in [0.15, 0.2) is 54.2 Å². The van der Waals surface area contributed by atoms with E-state index in [1.54, 1.807) is 18.3 Å². The van der Waals surface area contributed by atoms with Crippen LogP contribution in [0.5, 0.6) is 0 Å². The lowest BCUT2D eigenvalue weighted by Crippen LogP contribution is -2.44. The zero-order valence-corrected chi connectivity index (χ0v) is 16.1. The van der Waals surface area contributed by atoms with E-state index in [-0.39, 0.29) is 11.4 Å². The summed E-state index contributed by atoms with van der Waals surface area (Å²) in [4.78, 5) is 16.7. The van der Waals surface area contributed by atoms with Crippen LogP contribution in [0.25, 0.3) is 0 Å². The first kappa shape index (κ1) is 19.4. The molecule has 2 aromatic carbocycles. The van der Waals surface area contributed by atoms with Gasteiger partial charge >= 0.3 is 0 Å². The molecule has 0 unspecified atom stereocenters. The molecule has 0 radical (unpaired) electrons. The summed E-state index contributed by atoms with van der Waals surface area (Å²) in [6.45, 7) is 6.75. The highest BCUT2D eigenvalue weighted by atomic mass is 19.1. The van der Waals surface area contributed by atoms with Crippen molar-refractivity contribution in [3.63, 3.8) is 0 Å². The van der Waals surface area contributed by atoms with Crippen LogP contribution in [0, 0.1) is 31.0 Å². The maximum Gasteiger partial charge on any atom is 0.267 e. The highest BCUT2D eigenvalue weighted by molar-refractivity contribution is 6.06. The third-order valence-electron chi connectivity index (χ3n) is 5.04. The quantitative estimate of drug-likeness (QED) is 0.652. The Morgan fingerprint density at radius 3 is 2.43 bits per heavy atom. The molecule has 5 nitrogen and oxygen atoms in total. The summed E-state index contributed by atoms with van der Waals surface area (Å²) in [6, 6.07) is 14.1. The van der Waals surface area contributed by atoms with Crippen LogP contribution in [-0.4, -0.2) is 37.0 Å². The molecule has 0 aromatic heterocycles. The lowest BCUT2D eigenvalue weighted by atomic mass is 10.1. The van der Waals surface area contributed by atoms with Gasteiger partial charge in [-0.15, -0.1) is 0 Å². The van der Waals surface area contributed by atoms with Crippen molar-refractivity contribution in [3.05, 3.63) is 71.2 Å². The molecule has 0 spiro atoms. The van der Waals surface area contributed by atoms with Gasteiger partial charge in [0.2, 0.25) is 0 Å². The van der Waals surface area contributed by atoms with Gasteiger partial charge in [0.05, 0.1) is 0 Å². The number of anilines is 2. The molecule has 2 aromatic rings. The van der Waals surface area contributed by atoms with Crippen LogP contribution >= 0.6 is 0 Å². The molecule has 28 heavy (non-hydrogen) atoms. The van der Waals surface area contributed by atoms with Crippen LogP contribution in [-0.2, 0) is 4.79 Å². The fourth-order valence-electron chi connectivity index (χ4n) is 3.16. The SMILES string of the molecule is Cc1cccc(NC(=O)/C(C#N)=C\N2CCN(c3ccc(F)cc3)CC2)c1C. The van der Waals surface area contributed by atoms with E-state index in [1.807, 2.05) is 43.0 Å². The van der Waals surface area contributed by atoms with E-state index in [1.165, 1.54) is 12.1 Å². The van der Waals surface area contributed by atoms with Crippen LogP contribution in [0.4, 0.5) is 15.8 Å². The first-order valence-corrected chi connectivity index (χ1v) is 9.22. The second-order valence-electron chi connectivity index (χ2n) is 6.86. The Morgan fingerprint density at radius 2 is 1.79 bits per heavy atom.